The quantitative estimate of drug-likeness (QED) is 0.165. The third kappa shape index (κ3) is 9.32. The zero-order chi connectivity index (χ0) is 28.7. The summed E-state index contributed by atoms with van der Waals surface area (Å²) in [5.41, 5.74) is 5.29. The Morgan fingerprint density at radius 1 is 0.825 bits per heavy atom. The normalized spacial score (nSPS) is 13.1. The van der Waals surface area contributed by atoms with Crippen LogP contribution in [-0.2, 0) is 25.5 Å². The van der Waals surface area contributed by atoms with E-state index < -0.39 is 23.8 Å². The van der Waals surface area contributed by atoms with Gasteiger partial charge in [-0.25, -0.2) is 5.48 Å². The maximum absolute atomic E-state index is 13.7. The van der Waals surface area contributed by atoms with Crippen molar-refractivity contribution >= 4 is 17.7 Å². The average molecular weight is 546 g/mol. The Balaban J connectivity index is 1.87. The molecule has 4 N–H and O–H groups in total. The van der Waals surface area contributed by atoms with Gasteiger partial charge in [0.1, 0.15) is 6.04 Å². The van der Waals surface area contributed by atoms with Gasteiger partial charge in [0.05, 0.1) is 12.6 Å². The minimum atomic E-state index is -0.992. The summed E-state index contributed by atoms with van der Waals surface area (Å²) in [7, 11) is 1.58. The number of unbranched alkanes of at least 4 members (excludes halogenated alkanes) is 1. The van der Waals surface area contributed by atoms with Crippen molar-refractivity contribution in [2.75, 3.05) is 13.7 Å². The largest absolute Gasteiger partial charge is 0.383 e. The summed E-state index contributed by atoms with van der Waals surface area (Å²) in [5, 5.41) is 15.0. The van der Waals surface area contributed by atoms with Crippen molar-refractivity contribution in [1.82, 2.24) is 16.1 Å². The molecule has 3 aromatic carbocycles. The molecule has 8 heteroatoms. The smallest absolute Gasteiger partial charge is 0.247 e. The van der Waals surface area contributed by atoms with E-state index in [-0.39, 0.29) is 18.4 Å². The molecule has 0 aliphatic heterocycles. The molecule has 3 atom stereocenters. The molecule has 0 bridgehead atoms. The highest BCUT2D eigenvalue weighted by molar-refractivity contribution is 5.91. The second kappa shape index (κ2) is 16.2. The van der Waals surface area contributed by atoms with Crippen LogP contribution in [0.2, 0.25) is 0 Å². The number of hydroxylamine groups is 1. The average Bonchev–Trinajstić information content (AvgIpc) is 2.99. The van der Waals surface area contributed by atoms with Gasteiger partial charge in [-0.15, -0.1) is 0 Å². The summed E-state index contributed by atoms with van der Waals surface area (Å²) in [5.74, 6) is -2.13. The van der Waals surface area contributed by atoms with Crippen molar-refractivity contribution in [1.29, 1.82) is 0 Å². The van der Waals surface area contributed by atoms with Crippen molar-refractivity contribution in [3.05, 3.63) is 96.1 Å². The minimum absolute atomic E-state index is 0.177. The Hall–Kier alpha value is -4.01. The lowest BCUT2D eigenvalue weighted by Gasteiger charge is -2.25. The van der Waals surface area contributed by atoms with E-state index in [0.717, 1.165) is 29.5 Å². The number of ether oxygens (including phenoxy) is 1. The van der Waals surface area contributed by atoms with E-state index in [1.165, 1.54) is 0 Å². The van der Waals surface area contributed by atoms with Gasteiger partial charge in [-0.1, -0.05) is 105 Å². The third-order valence-electron chi connectivity index (χ3n) is 6.77. The van der Waals surface area contributed by atoms with E-state index in [0.29, 0.717) is 25.0 Å². The number of benzene rings is 3. The van der Waals surface area contributed by atoms with Crippen molar-refractivity contribution < 1.29 is 24.3 Å². The van der Waals surface area contributed by atoms with Gasteiger partial charge in [0.25, 0.3) is 0 Å². The first-order chi connectivity index (χ1) is 19.4. The van der Waals surface area contributed by atoms with Gasteiger partial charge in [0.15, 0.2) is 0 Å². The van der Waals surface area contributed by atoms with Crippen LogP contribution in [-0.4, -0.2) is 42.7 Å². The maximum Gasteiger partial charge on any atom is 0.247 e. The summed E-state index contributed by atoms with van der Waals surface area (Å²) in [4.78, 5) is 39.0. The van der Waals surface area contributed by atoms with Gasteiger partial charge in [-0.2, -0.15) is 0 Å². The van der Waals surface area contributed by atoms with Crippen LogP contribution in [0.4, 0.5) is 0 Å². The molecule has 0 fully saturated rings. The highest BCUT2D eigenvalue weighted by Gasteiger charge is 2.29. The van der Waals surface area contributed by atoms with Gasteiger partial charge in [0.2, 0.25) is 17.7 Å². The number of carbonyl (C=O) groups excluding carboxylic acids is 3. The first-order valence-electron chi connectivity index (χ1n) is 13.7. The number of carbonyl (C=O) groups is 3. The van der Waals surface area contributed by atoms with E-state index in [1.54, 1.807) is 12.6 Å². The van der Waals surface area contributed by atoms with E-state index >= 15 is 0 Å². The Morgan fingerprint density at radius 3 is 2.05 bits per heavy atom. The Bertz CT molecular complexity index is 1200. The fourth-order valence-corrected chi connectivity index (χ4v) is 4.64. The van der Waals surface area contributed by atoms with Crippen LogP contribution in [0.1, 0.15) is 49.8 Å². The summed E-state index contributed by atoms with van der Waals surface area (Å²) in [6.07, 6.45) is 2.41. The zero-order valence-corrected chi connectivity index (χ0v) is 23.1. The van der Waals surface area contributed by atoms with Crippen LogP contribution >= 0.6 is 0 Å². The Labute approximate surface area is 236 Å². The van der Waals surface area contributed by atoms with Crippen LogP contribution in [0.3, 0.4) is 0 Å². The first kappa shape index (κ1) is 30.5. The maximum atomic E-state index is 13.7. The van der Waals surface area contributed by atoms with E-state index in [4.69, 9.17) is 9.94 Å². The minimum Gasteiger partial charge on any atom is -0.383 e. The molecule has 0 radical (unpaired) electrons. The lowest BCUT2D eigenvalue weighted by atomic mass is 9.95. The monoisotopic (exact) mass is 545 g/mol. The van der Waals surface area contributed by atoms with Crippen molar-refractivity contribution in [3.8, 4) is 11.1 Å². The van der Waals surface area contributed by atoms with E-state index in [9.17, 15) is 14.4 Å². The van der Waals surface area contributed by atoms with Crippen molar-refractivity contribution in [2.45, 2.75) is 51.1 Å². The van der Waals surface area contributed by atoms with Gasteiger partial charge in [0, 0.05) is 19.4 Å². The molecule has 0 spiro atoms. The summed E-state index contributed by atoms with van der Waals surface area (Å²) < 4.78 is 5.38. The molecule has 0 heterocycles. The molecular weight excluding hydrogens is 506 g/mol. The molecule has 0 unspecified atom stereocenters. The molecule has 0 saturated heterocycles. The number of rotatable bonds is 15. The topological polar surface area (TPSA) is 117 Å². The first-order valence-corrected chi connectivity index (χ1v) is 13.7. The number of hydrogen-bond donors (Lipinski definition) is 4. The lowest BCUT2D eigenvalue weighted by Crippen LogP contribution is -2.48. The van der Waals surface area contributed by atoms with Crippen molar-refractivity contribution in [2.24, 2.45) is 5.92 Å². The van der Waals surface area contributed by atoms with Gasteiger partial charge >= 0.3 is 0 Å². The highest BCUT2D eigenvalue weighted by atomic mass is 16.5. The molecule has 212 valence electrons. The number of nitrogens with one attached hydrogen (secondary N) is 3. The van der Waals surface area contributed by atoms with Crippen LogP contribution < -0.4 is 16.1 Å². The number of hydrogen-bond acceptors (Lipinski definition) is 5. The molecule has 3 aromatic rings. The van der Waals surface area contributed by atoms with E-state index in [2.05, 4.69) is 10.6 Å². The molecule has 40 heavy (non-hydrogen) atoms. The second-order valence-corrected chi connectivity index (χ2v) is 9.86. The van der Waals surface area contributed by atoms with Gasteiger partial charge in [-0.05, 0) is 35.1 Å². The van der Waals surface area contributed by atoms with Crippen LogP contribution in [0.5, 0.6) is 0 Å². The molecule has 0 aliphatic carbocycles. The van der Waals surface area contributed by atoms with Crippen molar-refractivity contribution in [3.63, 3.8) is 0 Å². The lowest BCUT2D eigenvalue weighted by molar-refractivity contribution is -0.136. The molecular formula is C32H39N3O5. The SMILES string of the molecule is CCCC[C@H](CC(=O)NO)C(=O)N[C@H](C(=O)N[C@H](COC)Cc1ccccc1)c1ccc(-c2ccccc2)cc1. The second-order valence-electron chi connectivity index (χ2n) is 9.86. The van der Waals surface area contributed by atoms with Gasteiger partial charge < -0.3 is 15.4 Å². The number of amides is 3. The summed E-state index contributed by atoms with van der Waals surface area (Å²) in [6.45, 7) is 2.29. The van der Waals surface area contributed by atoms with Gasteiger partial charge in [-0.3, -0.25) is 19.6 Å². The molecule has 0 aromatic heterocycles. The molecule has 0 aliphatic rings. The Morgan fingerprint density at radius 2 is 1.45 bits per heavy atom. The van der Waals surface area contributed by atoms with Crippen LogP contribution in [0, 0.1) is 5.92 Å². The third-order valence-corrected chi connectivity index (χ3v) is 6.77. The zero-order valence-electron chi connectivity index (χ0n) is 23.1. The van der Waals surface area contributed by atoms with E-state index in [1.807, 2.05) is 91.9 Å². The predicted molar refractivity (Wildman–Crippen MR) is 154 cm³/mol. The molecule has 3 rings (SSSR count). The summed E-state index contributed by atoms with van der Waals surface area (Å²) in [6, 6.07) is 25.9. The predicted octanol–water partition coefficient (Wildman–Crippen LogP) is 4.59. The standard InChI is InChI=1S/C32H39N3O5/c1-3-4-13-27(21-29(36)35-39)31(37)34-30(26-18-16-25(17-19-26)24-14-9-6-10-15-24)32(38)33-28(22-40-2)20-23-11-7-5-8-12-23/h5-12,14-19,27-28,30,39H,3-4,13,20-22H2,1-2H3,(H,33,38)(H,34,37)(H,35,36)/t27-,28+,30+/m1/s1. The van der Waals surface area contributed by atoms with Crippen LogP contribution in [0.25, 0.3) is 11.1 Å². The fourth-order valence-electron chi connectivity index (χ4n) is 4.64. The summed E-state index contributed by atoms with van der Waals surface area (Å²) >= 11 is 0. The molecule has 0 saturated carbocycles. The van der Waals surface area contributed by atoms with Crippen LogP contribution in [0.15, 0.2) is 84.9 Å². The Kier molecular flexibility index (Phi) is 12.3. The molecule has 8 nitrogen and oxygen atoms in total. The number of methoxy groups -OCH3 is 1. The highest BCUT2D eigenvalue weighted by Crippen LogP contribution is 2.23. The fraction of sp³-hybridized carbons (Fsp3) is 0.344. The molecule has 3 amide bonds.